The number of hydrogen-bond donors (Lipinski definition) is 0. The van der Waals surface area contributed by atoms with Gasteiger partial charge in [-0.25, -0.2) is 0 Å². The summed E-state index contributed by atoms with van der Waals surface area (Å²) >= 11 is 0. The minimum atomic E-state index is 0.168. The van der Waals surface area contributed by atoms with Crippen LogP contribution in [0.5, 0.6) is 0 Å². The van der Waals surface area contributed by atoms with Crippen LogP contribution in [0.2, 0.25) is 0 Å². The fourth-order valence-electron chi connectivity index (χ4n) is 14.3. The van der Waals surface area contributed by atoms with E-state index in [2.05, 4.69) is 301 Å². The van der Waals surface area contributed by atoms with Gasteiger partial charge in [-0.2, -0.15) is 0 Å². The van der Waals surface area contributed by atoms with Gasteiger partial charge in [0.25, 0.3) is 0 Å². The summed E-state index contributed by atoms with van der Waals surface area (Å²) in [6.45, 7) is 4.54. The summed E-state index contributed by atoms with van der Waals surface area (Å²) < 4.78 is 7.36. The number of fused-ring (bicyclic) bond motifs is 11. The minimum Gasteiger partial charge on any atom is -0.309 e. The molecule has 2 aliphatic rings. The molecular weight excluding hydrogens is 1000 g/mol. The van der Waals surface area contributed by atoms with Crippen LogP contribution in [0.1, 0.15) is 66.0 Å². The van der Waals surface area contributed by atoms with Gasteiger partial charge in [0.05, 0.1) is 33.1 Å². The monoisotopic (exact) mass is 1060 g/mol. The average Bonchev–Trinajstić information content (AvgIpc) is 4.32. The molecule has 14 aromatic rings. The molecule has 3 aromatic heterocycles. The first kappa shape index (κ1) is 48.9. The lowest BCUT2D eigenvalue weighted by atomic mass is 9.66. The first-order chi connectivity index (χ1) is 41.1. The Balaban J connectivity index is 0.868. The molecule has 3 heterocycles. The van der Waals surface area contributed by atoms with Crippen LogP contribution in [0.15, 0.2) is 279 Å². The fraction of sp³-hybridized carbons (Fsp3) is 0.100. The zero-order valence-electron chi connectivity index (χ0n) is 46.8. The molecule has 0 N–H and O–H groups in total. The van der Waals surface area contributed by atoms with E-state index >= 15 is 0 Å². The van der Waals surface area contributed by atoms with Crippen molar-refractivity contribution < 1.29 is 0 Å². The average molecular weight is 1060 g/mol. The van der Waals surface area contributed by atoms with Crippen molar-refractivity contribution >= 4 is 71.0 Å². The highest BCUT2D eigenvalue weighted by Gasteiger charge is 2.35. The predicted octanol–water partition coefficient (Wildman–Crippen LogP) is 20.9. The van der Waals surface area contributed by atoms with E-state index in [4.69, 9.17) is 0 Å². The summed E-state index contributed by atoms with van der Waals surface area (Å²) in [6.07, 6.45) is 13.5. The molecule has 0 aliphatic heterocycles. The van der Waals surface area contributed by atoms with E-state index in [0.717, 1.165) is 31.4 Å². The number of hydrogen-bond acceptors (Lipinski definition) is 0. The van der Waals surface area contributed by atoms with Crippen molar-refractivity contribution in [3.63, 3.8) is 0 Å². The molecule has 3 heteroatoms. The van der Waals surface area contributed by atoms with E-state index in [9.17, 15) is 0 Å². The summed E-state index contributed by atoms with van der Waals surface area (Å²) in [6, 6.07) is 93.9. The molecular formula is C80H61N3. The summed E-state index contributed by atoms with van der Waals surface area (Å²) in [5.41, 5.74) is 26.3. The Morgan fingerprint density at radius 1 is 0.337 bits per heavy atom. The predicted molar refractivity (Wildman–Crippen MR) is 351 cm³/mol. The Hall–Kier alpha value is -9.96. The maximum Gasteiger partial charge on any atom is 0.0541 e. The van der Waals surface area contributed by atoms with Crippen molar-refractivity contribution in [2.24, 2.45) is 5.92 Å². The normalized spacial score (nSPS) is 14.9. The van der Waals surface area contributed by atoms with Gasteiger partial charge in [0.2, 0.25) is 0 Å². The number of aromatic nitrogens is 3. The number of benzene rings is 11. The van der Waals surface area contributed by atoms with Gasteiger partial charge in [-0.1, -0.05) is 191 Å². The topological polar surface area (TPSA) is 14.8 Å². The Morgan fingerprint density at radius 2 is 0.735 bits per heavy atom. The summed E-state index contributed by atoms with van der Waals surface area (Å²) in [5.74, 6) is 0.378. The van der Waals surface area contributed by atoms with E-state index in [-0.39, 0.29) is 11.8 Å². The molecule has 3 nitrogen and oxygen atoms in total. The maximum atomic E-state index is 2.50. The SMILES string of the molecule is CCCc1ccc2c(c1)c1cc(-c3ccc4c(c3)c3cc(-c5ccc6c(c5)c5cc(CCC)ccc5n6-c5ccccc5)ccc3n4-c3ccc(C4c5ccccc5C(c5ccccc5)=C5C=CC=CC54)cc3)ccc1n2-c1ccccc1. The van der Waals surface area contributed by atoms with Gasteiger partial charge >= 0.3 is 0 Å². The Bertz CT molecular complexity index is 4740. The third kappa shape index (κ3) is 8.01. The lowest BCUT2D eigenvalue weighted by Crippen LogP contribution is -2.22. The van der Waals surface area contributed by atoms with Crippen LogP contribution in [-0.4, -0.2) is 13.7 Å². The van der Waals surface area contributed by atoms with Gasteiger partial charge in [-0.15, -0.1) is 0 Å². The Labute approximate surface area is 484 Å². The third-order valence-electron chi connectivity index (χ3n) is 18.0. The molecule has 0 fully saturated rings. The fourth-order valence-corrected chi connectivity index (χ4v) is 14.3. The highest BCUT2D eigenvalue weighted by atomic mass is 15.0. The molecule has 11 aromatic carbocycles. The van der Waals surface area contributed by atoms with E-state index < -0.39 is 0 Å². The molecule has 396 valence electrons. The zero-order valence-corrected chi connectivity index (χ0v) is 46.8. The molecule has 0 radical (unpaired) electrons. The number of aryl methyl sites for hydroxylation is 2. The molecule has 2 unspecified atom stereocenters. The number of nitrogens with zero attached hydrogens (tertiary/aromatic N) is 3. The third-order valence-corrected chi connectivity index (χ3v) is 18.0. The summed E-state index contributed by atoms with van der Waals surface area (Å²) in [4.78, 5) is 0. The molecule has 2 atom stereocenters. The number of rotatable bonds is 11. The van der Waals surface area contributed by atoms with Crippen LogP contribution in [0, 0.1) is 5.92 Å². The van der Waals surface area contributed by atoms with Crippen molar-refractivity contribution in [1.29, 1.82) is 0 Å². The standard InChI is InChI=1S/C80H61N3/c1-3-18-52-30-40-73-67(46-52)69-48-56(34-42-75(69)81(73)60-22-10-6-11-23-60)58-36-44-77-71(50-58)72-51-59(57-35-43-76-70(49-57)68-47-53(19-4-2)31-41-74(68)82(76)61-24-12-7-13-25-61)37-45-78(72)83(77)62-38-32-55(33-39-62)80-65-28-16-14-26-63(65)79(54-20-8-5-9-21-54)64-27-15-17-29-66(64)80/h5-17,20-51,65,80H,3-4,18-19H2,1-2H3. The van der Waals surface area contributed by atoms with Gasteiger partial charge in [0, 0.05) is 61.2 Å². The van der Waals surface area contributed by atoms with Crippen molar-refractivity contribution in [2.45, 2.75) is 45.4 Å². The van der Waals surface area contributed by atoms with E-state index in [0.29, 0.717) is 0 Å². The quantitative estimate of drug-likeness (QED) is 0.123. The molecule has 0 spiro atoms. The Morgan fingerprint density at radius 3 is 1.19 bits per heavy atom. The van der Waals surface area contributed by atoms with Crippen molar-refractivity contribution in [3.8, 4) is 39.3 Å². The van der Waals surface area contributed by atoms with Crippen LogP contribution in [0.3, 0.4) is 0 Å². The summed E-state index contributed by atoms with van der Waals surface area (Å²) in [5, 5.41) is 7.60. The zero-order chi connectivity index (χ0) is 55.1. The van der Waals surface area contributed by atoms with Gasteiger partial charge in [-0.05, 0) is 189 Å². The summed E-state index contributed by atoms with van der Waals surface area (Å²) in [7, 11) is 0. The second-order valence-electron chi connectivity index (χ2n) is 22.9. The van der Waals surface area contributed by atoms with Crippen molar-refractivity contribution in [3.05, 3.63) is 312 Å². The first-order valence-corrected chi connectivity index (χ1v) is 29.8. The largest absolute Gasteiger partial charge is 0.309 e. The van der Waals surface area contributed by atoms with E-state index in [1.54, 1.807) is 0 Å². The second-order valence-corrected chi connectivity index (χ2v) is 22.9. The van der Waals surface area contributed by atoms with Crippen molar-refractivity contribution in [2.75, 3.05) is 0 Å². The minimum absolute atomic E-state index is 0.168. The Kier molecular flexibility index (Phi) is 11.7. The van der Waals surface area contributed by atoms with Crippen LogP contribution in [0.4, 0.5) is 0 Å². The number of para-hydroxylation sites is 2. The lowest BCUT2D eigenvalue weighted by Gasteiger charge is -2.37. The first-order valence-electron chi connectivity index (χ1n) is 29.8. The van der Waals surface area contributed by atoms with Crippen molar-refractivity contribution in [1.82, 2.24) is 13.7 Å². The van der Waals surface area contributed by atoms with Crippen LogP contribution >= 0.6 is 0 Å². The second kappa shape index (κ2) is 19.9. The molecule has 0 amide bonds. The molecule has 0 saturated heterocycles. The van der Waals surface area contributed by atoms with Gasteiger partial charge in [0.1, 0.15) is 0 Å². The smallest absolute Gasteiger partial charge is 0.0541 e. The van der Waals surface area contributed by atoms with Crippen LogP contribution in [0.25, 0.3) is 110 Å². The van der Waals surface area contributed by atoms with Gasteiger partial charge in [-0.3, -0.25) is 0 Å². The molecule has 83 heavy (non-hydrogen) atoms. The highest BCUT2D eigenvalue weighted by molar-refractivity contribution is 6.15. The molecule has 2 aliphatic carbocycles. The maximum absolute atomic E-state index is 2.50. The van der Waals surface area contributed by atoms with Crippen LogP contribution in [-0.2, 0) is 12.8 Å². The molecule has 0 bridgehead atoms. The number of allylic oxidation sites excluding steroid dienone is 5. The molecule has 0 saturated carbocycles. The van der Waals surface area contributed by atoms with E-state index in [1.165, 1.54) is 144 Å². The van der Waals surface area contributed by atoms with Crippen LogP contribution < -0.4 is 0 Å². The lowest BCUT2D eigenvalue weighted by molar-refractivity contribution is 0.649. The highest BCUT2D eigenvalue weighted by Crippen LogP contribution is 2.51. The van der Waals surface area contributed by atoms with Gasteiger partial charge < -0.3 is 13.7 Å². The molecule has 16 rings (SSSR count). The van der Waals surface area contributed by atoms with E-state index in [1.807, 2.05) is 0 Å². The van der Waals surface area contributed by atoms with Gasteiger partial charge in [0.15, 0.2) is 0 Å².